The van der Waals surface area contributed by atoms with Crippen molar-refractivity contribution >= 4 is 22.4 Å². The second-order valence-corrected chi connectivity index (χ2v) is 6.49. The Bertz CT molecular complexity index is 877. The largest absolute Gasteiger partial charge is 0.369 e. The molecule has 1 aliphatic rings. The van der Waals surface area contributed by atoms with Gasteiger partial charge < -0.3 is 9.42 Å². The molecule has 2 heterocycles. The fourth-order valence-electron chi connectivity index (χ4n) is 3.34. The van der Waals surface area contributed by atoms with Gasteiger partial charge in [-0.3, -0.25) is 9.69 Å². The van der Waals surface area contributed by atoms with Crippen LogP contribution >= 0.6 is 0 Å². The van der Waals surface area contributed by atoms with Crippen molar-refractivity contribution in [3.05, 3.63) is 59.8 Å². The van der Waals surface area contributed by atoms with Gasteiger partial charge in [0.2, 0.25) is 0 Å². The first-order valence-electron chi connectivity index (χ1n) is 8.62. The van der Waals surface area contributed by atoms with E-state index < -0.39 is 0 Å². The maximum absolute atomic E-state index is 11.4. The number of carbonyl (C=O) groups excluding carboxylic acids is 1. The molecule has 2 aromatic carbocycles. The third kappa shape index (κ3) is 3.28. The number of nitrogens with zero attached hydrogens (tertiary/aromatic N) is 3. The first-order valence-corrected chi connectivity index (χ1v) is 8.62. The number of rotatable bonds is 4. The zero-order chi connectivity index (χ0) is 17.2. The van der Waals surface area contributed by atoms with E-state index in [1.807, 2.05) is 42.5 Å². The third-order valence-electron chi connectivity index (χ3n) is 4.84. The van der Waals surface area contributed by atoms with Crippen LogP contribution in [-0.2, 0) is 6.54 Å². The second kappa shape index (κ2) is 6.69. The number of hydrogen-bond acceptors (Lipinski definition) is 5. The summed E-state index contributed by atoms with van der Waals surface area (Å²) in [7, 11) is 0. The molecule has 0 amide bonds. The van der Waals surface area contributed by atoms with Crippen molar-refractivity contribution in [2.75, 3.05) is 31.1 Å². The summed E-state index contributed by atoms with van der Waals surface area (Å²) < 4.78 is 5.40. The molecule has 0 spiro atoms. The molecule has 128 valence electrons. The van der Waals surface area contributed by atoms with Crippen LogP contribution in [0.3, 0.4) is 0 Å². The summed E-state index contributed by atoms with van der Waals surface area (Å²) in [5.74, 6) is 0.108. The van der Waals surface area contributed by atoms with E-state index in [1.165, 1.54) is 5.69 Å². The number of benzene rings is 2. The first kappa shape index (κ1) is 15.8. The van der Waals surface area contributed by atoms with Gasteiger partial charge in [0.25, 0.3) is 0 Å². The zero-order valence-corrected chi connectivity index (χ0v) is 14.3. The minimum atomic E-state index is 0.108. The van der Waals surface area contributed by atoms with Crippen LogP contribution in [0.15, 0.2) is 53.1 Å². The van der Waals surface area contributed by atoms with Gasteiger partial charge in [0.05, 0.1) is 0 Å². The van der Waals surface area contributed by atoms with Gasteiger partial charge in [0.15, 0.2) is 11.4 Å². The standard InChI is InChI=1S/C20H21N3O2/c1-15(24)16-6-8-17(9-7-16)23-12-10-22(11-13-23)14-19-18-4-2-3-5-20(18)25-21-19/h2-9H,10-14H2,1H3. The monoisotopic (exact) mass is 335 g/mol. The van der Waals surface area contributed by atoms with Gasteiger partial charge in [-0.05, 0) is 43.3 Å². The molecule has 4 rings (SSSR count). The molecule has 0 aliphatic carbocycles. The van der Waals surface area contributed by atoms with Crippen LogP contribution in [0.25, 0.3) is 11.0 Å². The molecule has 5 nitrogen and oxygen atoms in total. The van der Waals surface area contributed by atoms with E-state index in [0.29, 0.717) is 0 Å². The molecule has 1 aromatic heterocycles. The molecular weight excluding hydrogens is 314 g/mol. The summed E-state index contributed by atoms with van der Waals surface area (Å²) in [6, 6.07) is 15.9. The molecule has 0 bridgehead atoms. The lowest BCUT2D eigenvalue weighted by molar-refractivity contribution is 0.101. The predicted molar refractivity (Wildman–Crippen MR) is 97.9 cm³/mol. The van der Waals surface area contributed by atoms with Crippen molar-refractivity contribution in [3.63, 3.8) is 0 Å². The van der Waals surface area contributed by atoms with Gasteiger partial charge >= 0.3 is 0 Å². The fraction of sp³-hybridized carbons (Fsp3) is 0.300. The number of Topliss-reactive ketones (excluding diaryl/α,β-unsaturated/α-hetero) is 1. The summed E-state index contributed by atoms with van der Waals surface area (Å²) in [5.41, 5.74) is 3.80. The van der Waals surface area contributed by atoms with E-state index in [2.05, 4.69) is 21.0 Å². The van der Waals surface area contributed by atoms with Gasteiger partial charge in [0, 0.05) is 49.4 Å². The summed E-state index contributed by atoms with van der Waals surface area (Å²) in [6.45, 7) is 6.31. The smallest absolute Gasteiger partial charge is 0.167 e. The number of fused-ring (bicyclic) bond motifs is 1. The van der Waals surface area contributed by atoms with Crippen LogP contribution in [0.1, 0.15) is 23.0 Å². The molecule has 0 atom stereocenters. The van der Waals surface area contributed by atoms with Gasteiger partial charge in [-0.1, -0.05) is 17.3 Å². The Hall–Kier alpha value is -2.66. The van der Waals surface area contributed by atoms with Crippen LogP contribution in [0.4, 0.5) is 5.69 Å². The highest BCUT2D eigenvalue weighted by Crippen LogP contribution is 2.21. The highest BCUT2D eigenvalue weighted by molar-refractivity contribution is 5.94. The highest BCUT2D eigenvalue weighted by atomic mass is 16.5. The number of ketones is 1. The van der Waals surface area contributed by atoms with Gasteiger partial charge in [0.1, 0.15) is 5.69 Å². The topological polar surface area (TPSA) is 49.6 Å². The lowest BCUT2D eigenvalue weighted by atomic mass is 10.1. The number of hydrogen-bond donors (Lipinski definition) is 0. The van der Waals surface area contributed by atoms with Gasteiger partial charge in [-0.2, -0.15) is 0 Å². The van der Waals surface area contributed by atoms with Crippen LogP contribution in [-0.4, -0.2) is 42.0 Å². The Morgan fingerprint density at radius 2 is 1.76 bits per heavy atom. The SMILES string of the molecule is CC(=O)c1ccc(N2CCN(Cc3noc4ccccc34)CC2)cc1. The van der Waals surface area contributed by atoms with E-state index in [9.17, 15) is 4.79 Å². The van der Waals surface area contributed by atoms with E-state index in [-0.39, 0.29) is 5.78 Å². The van der Waals surface area contributed by atoms with Crippen molar-refractivity contribution in [3.8, 4) is 0 Å². The second-order valence-electron chi connectivity index (χ2n) is 6.49. The van der Waals surface area contributed by atoms with E-state index in [4.69, 9.17) is 4.52 Å². The number of piperazine rings is 1. The molecular formula is C20H21N3O2. The minimum Gasteiger partial charge on any atom is -0.369 e. The Balaban J connectivity index is 1.39. The first-order chi connectivity index (χ1) is 12.2. The summed E-state index contributed by atoms with van der Waals surface area (Å²) in [4.78, 5) is 16.2. The zero-order valence-electron chi connectivity index (χ0n) is 14.3. The average molecular weight is 335 g/mol. The molecule has 0 N–H and O–H groups in total. The quantitative estimate of drug-likeness (QED) is 0.684. The number of carbonyl (C=O) groups is 1. The summed E-state index contributed by atoms with van der Waals surface area (Å²) in [5, 5.41) is 5.33. The molecule has 0 unspecified atom stereocenters. The fourth-order valence-corrected chi connectivity index (χ4v) is 3.34. The van der Waals surface area contributed by atoms with Gasteiger partial charge in [-0.25, -0.2) is 0 Å². The number of aromatic nitrogens is 1. The normalized spacial score (nSPS) is 15.6. The van der Waals surface area contributed by atoms with E-state index >= 15 is 0 Å². The van der Waals surface area contributed by atoms with Crippen molar-refractivity contribution < 1.29 is 9.32 Å². The van der Waals surface area contributed by atoms with E-state index in [1.54, 1.807) is 6.92 Å². The van der Waals surface area contributed by atoms with Crippen LogP contribution in [0.2, 0.25) is 0 Å². The molecule has 1 fully saturated rings. The molecule has 1 aliphatic heterocycles. The summed E-state index contributed by atoms with van der Waals surface area (Å²) >= 11 is 0. The van der Waals surface area contributed by atoms with Crippen LogP contribution in [0, 0.1) is 0 Å². The average Bonchev–Trinajstić information content (AvgIpc) is 3.06. The molecule has 0 radical (unpaired) electrons. The van der Waals surface area contributed by atoms with Gasteiger partial charge in [-0.15, -0.1) is 0 Å². The maximum atomic E-state index is 11.4. The Kier molecular flexibility index (Phi) is 4.24. The minimum absolute atomic E-state index is 0.108. The van der Waals surface area contributed by atoms with Crippen molar-refractivity contribution in [2.24, 2.45) is 0 Å². The molecule has 3 aromatic rings. The molecule has 25 heavy (non-hydrogen) atoms. The lowest BCUT2D eigenvalue weighted by Gasteiger charge is -2.35. The Morgan fingerprint density at radius 1 is 1.04 bits per heavy atom. The van der Waals surface area contributed by atoms with Crippen molar-refractivity contribution in [1.82, 2.24) is 10.1 Å². The maximum Gasteiger partial charge on any atom is 0.167 e. The highest BCUT2D eigenvalue weighted by Gasteiger charge is 2.19. The molecule has 5 heteroatoms. The van der Waals surface area contributed by atoms with Crippen molar-refractivity contribution in [1.29, 1.82) is 0 Å². The molecule has 1 saturated heterocycles. The third-order valence-corrected chi connectivity index (χ3v) is 4.84. The van der Waals surface area contributed by atoms with Crippen LogP contribution in [0.5, 0.6) is 0 Å². The molecule has 0 saturated carbocycles. The van der Waals surface area contributed by atoms with E-state index in [0.717, 1.165) is 55.0 Å². The van der Waals surface area contributed by atoms with Crippen LogP contribution < -0.4 is 4.90 Å². The van der Waals surface area contributed by atoms with Crippen molar-refractivity contribution in [2.45, 2.75) is 13.5 Å². The Labute approximate surface area is 146 Å². The number of para-hydroxylation sites is 1. The predicted octanol–water partition coefficient (Wildman–Crippen LogP) is 3.35. The lowest BCUT2D eigenvalue weighted by Crippen LogP contribution is -2.46. The number of anilines is 1. The summed E-state index contributed by atoms with van der Waals surface area (Å²) in [6.07, 6.45) is 0. The Morgan fingerprint density at radius 3 is 2.48 bits per heavy atom.